The van der Waals surface area contributed by atoms with Gasteiger partial charge in [-0.3, -0.25) is 0 Å². The molecule has 48 heavy (non-hydrogen) atoms. The molecule has 1 aromatic rings. The molecule has 276 valence electrons. The van der Waals surface area contributed by atoms with E-state index >= 15 is 0 Å². The minimum atomic E-state index is -4.64. The smallest absolute Gasteiger partial charge is 0.437 e. The Bertz CT molecular complexity index is 1260. The molecule has 2 saturated heterocycles. The number of hydrogen-bond donors (Lipinski definition) is 2. The summed E-state index contributed by atoms with van der Waals surface area (Å²) in [6.07, 6.45) is 7.94. The van der Waals surface area contributed by atoms with Crippen molar-refractivity contribution in [2.75, 3.05) is 19.6 Å². The molecule has 2 bridgehead atoms. The van der Waals surface area contributed by atoms with Crippen LogP contribution >= 0.6 is 0 Å². The number of aromatic nitrogens is 2. The maximum atomic E-state index is 13.5. The van der Waals surface area contributed by atoms with Gasteiger partial charge in [0.1, 0.15) is 11.6 Å². The first-order valence-electron chi connectivity index (χ1n) is 17.7. The van der Waals surface area contributed by atoms with Gasteiger partial charge < -0.3 is 24.5 Å². The van der Waals surface area contributed by atoms with Gasteiger partial charge in [0.2, 0.25) is 11.8 Å². The highest BCUT2D eigenvalue weighted by atomic mass is 32.3. The first-order valence-corrected chi connectivity index (χ1v) is 19.0. The highest BCUT2D eigenvalue weighted by Gasteiger charge is 2.50. The number of carbonyl (C=O) groups is 2. The fourth-order valence-corrected chi connectivity index (χ4v) is 7.23. The van der Waals surface area contributed by atoms with E-state index in [1.807, 2.05) is 0 Å². The summed E-state index contributed by atoms with van der Waals surface area (Å²) in [5.74, 6) is 0.308. The molecular weight excluding hydrogens is 644 g/mol. The van der Waals surface area contributed by atoms with Gasteiger partial charge in [0.05, 0.1) is 18.6 Å². The molecule has 2 N–H and O–H groups in total. The van der Waals surface area contributed by atoms with Crippen LogP contribution in [0.4, 0.5) is 9.59 Å². The molecule has 0 saturated carbocycles. The number of alkyl carbamates (subject to hydrolysis) is 1. The second-order valence-electron chi connectivity index (χ2n) is 14.0. The fourth-order valence-electron chi connectivity index (χ4n) is 6.36. The van der Waals surface area contributed by atoms with E-state index in [2.05, 4.69) is 43.2 Å². The molecule has 3 heterocycles. The van der Waals surface area contributed by atoms with Crippen LogP contribution in [0.3, 0.4) is 0 Å². The molecule has 0 radical (unpaired) electrons. The van der Waals surface area contributed by atoms with E-state index in [1.54, 1.807) is 25.8 Å². The van der Waals surface area contributed by atoms with Crippen LogP contribution in [-0.2, 0) is 30.1 Å². The Balaban J connectivity index is 1.68. The summed E-state index contributed by atoms with van der Waals surface area (Å²) in [6.45, 7) is 14.2. The van der Waals surface area contributed by atoms with Gasteiger partial charge in [0.25, 0.3) is 0 Å². The van der Waals surface area contributed by atoms with Crippen LogP contribution in [0, 0.1) is 0 Å². The summed E-state index contributed by atoms with van der Waals surface area (Å²) in [5, 5.41) is 23.5. The molecule has 0 aromatic carbocycles. The first-order chi connectivity index (χ1) is 22.7. The molecule has 0 aliphatic carbocycles. The Morgan fingerprint density at radius 3 is 2.31 bits per heavy atom. The van der Waals surface area contributed by atoms with Gasteiger partial charge in [-0.05, 0) is 59.3 Å². The summed E-state index contributed by atoms with van der Waals surface area (Å²) in [7, 11) is -4.64. The number of hydroxylamine groups is 4. The van der Waals surface area contributed by atoms with Gasteiger partial charge >= 0.3 is 22.5 Å². The molecule has 3 atom stereocenters. The van der Waals surface area contributed by atoms with Crippen molar-refractivity contribution in [3.8, 4) is 0 Å². The zero-order chi connectivity index (χ0) is 35.5. The molecule has 2 fully saturated rings. The summed E-state index contributed by atoms with van der Waals surface area (Å²) in [4.78, 5) is 26.9. The van der Waals surface area contributed by atoms with Gasteiger partial charge in [0.15, 0.2) is 0 Å². The van der Waals surface area contributed by atoms with Crippen molar-refractivity contribution in [2.24, 2.45) is 0 Å². The normalized spacial score (nSPS) is 19.3. The number of carbonyl (C=O) groups excluding carboxylic acids is 2. The van der Waals surface area contributed by atoms with Crippen LogP contribution in [0.25, 0.3) is 0 Å². The number of amides is 3. The number of aliphatic hydroxyl groups excluding tert-OH is 1. The average Bonchev–Trinajstić information content (AvgIpc) is 3.57. The van der Waals surface area contributed by atoms with Crippen LogP contribution < -0.4 is 5.32 Å². The molecule has 1 unspecified atom stereocenters. The summed E-state index contributed by atoms with van der Waals surface area (Å²) in [5.41, 5.74) is -1.13. The monoisotopic (exact) mass is 702 g/mol. The van der Waals surface area contributed by atoms with Crippen molar-refractivity contribution in [3.05, 3.63) is 11.8 Å². The number of nitrogens with one attached hydrogen (secondary N) is 1. The van der Waals surface area contributed by atoms with Gasteiger partial charge in [-0.25, -0.2) is 9.59 Å². The largest absolute Gasteiger partial charge is 0.444 e. The summed E-state index contributed by atoms with van der Waals surface area (Å²) >= 11 is 0. The lowest BCUT2D eigenvalue weighted by molar-refractivity contribution is -0.172. The van der Waals surface area contributed by atoms with Crippen molar-refractivity contribution >= 4 is 22.5 Å². The van der Waals surface area contributed by atoms with Gasteiger partial charge in [-0.1, -0.05) is 66.2 Å². The Kier molecular flexibility index (Phi) is 14.9. The molecule has 2 aliphatic heterocycles. The third-order valence-corrected chi connectivity index (χ3v) is 9.39. The zero-order valence-electron chi connectivity index (χ0n) is 29.9. The molecule has 0 spiro atoms. The van der Waals surface area contributed by atoms with Crippen LogP contribution in [-0.4, -0.2) is 93.8 Å². The van der Waals surface area contributed by atoms with Crippen LogP contribution in [0.5, 0.6) is 0 Å². The van der Waals surface area contributed by atoms with E-state index in [-0.39, 0.29) is 31.3 Å². The lowest BCUT2D eigenvalue weighted by Crippen LogP contribution is -2.51. The molecule has 15 nitrogen and oxygen atoms in total. The topological polar surface area (TPSA) is 177 Å². The number of aliphatic hydroxyl groups is 1. The number of unbranched alkanes of at least 4 members (excludes halogenated alkanes) is 3. The number of piperidine rings is 1. The predicted molar refractivity (Wildman–Crippen MR) is 177 cm³/mol. The Labute approximate surface area is 286 Å². The lowest BCUT2D eigenvalue weighted by Gasteiger charge is -2.43. The van der Waals surface area contributed by atoms with E-state index in [0.717, 1.165) is 69.3 Å². The van der Waals surface area contributed by atoms with E-state index in [9.17, 15) is 23.1 Å². The van der Waals surface area contributed by atoms with E-state index in [1.165, 1.54) is 4.90 Å². The number of fused-ring (bicyclic) bond motifs is 2. The lowest BCUT2D eigenvalue weighted by atomic mass is 9.82. The molecule has 3 amide bonds. The zero-order valence-corrected chi connectivity index (χ0v) is 30.7. The molecule has 1 aromatic heterocycles. The van der Waals surface area contributed by atoms with Crippen molar-refractivity contribution in [1.82, 2.24) is 30.5 Å². The number of hydrogen-bond acceptors (Lipinski definition) is 12. The predicted octanol–water partition coefficient (Wildman–Crippen LogP) is 5.57. The second-order valence-corrected chi connectivity index (χ2v) is 15.1. The number of urea groups is 1. The summed E-state index contributed by atoms with van der Waals surface area (Å²) < 4.78 is 49.2. The van der Waals surface area contributed by atoms with Gasteiger partial charge in [-0.15, -0.1) is 14.5 Å². The number of nitrogens with zero attached hydrogens (tertiary/aromatic N) is 5. The highest BCUT2D eigenvalue weighted by molar-refractivity contribution is 7.81. The fraction of sp³-hybridized carbons (Fsp3) is 0.875. The van der Waals surface area contributed by atoms with Crippen molar-refractivity contribution < 1.29 is 40.8 Å². The second kappa shape index (κ2) is 17.9. The Morgan fingerprint density at radius 2 is 1.71 bits per heavy atom. The average molecular weight is 703 g/mol. The third-order valence-electron chi connectivity index (χ3n) is 8.68. The molecule has 3 rings (SSSR count). The van der Waals surface area contributed by atoms with Gasteiger partial charge in [-0.2, -0.15) is 22.8 Å². The van der Waals surface area contributed by atoms with Crippen LogP contribution in [0.1, 0.15) is 143 Å². The molecular formula is C32H58N6O9S. The Hall–Kier alpha value is -2.53. The van der Waals surface area contributed by atoms with Crippen molar-refractivity contribution in [1.29, 1.82) is 0 Å². The maximum absolute atomic E-state index is 13.5. The third kappa shape index (κ3) is 11.3. The van der Waals surface area contributed by atoms with E-state index < -0.39 is 51.9 Å². The standard InChI is InChI=1S/C32H58N6O9S/c1-8-12-18-32(17-11-4,19-13-9-2)37(20-14-10-3)46-48(42,43)47-38-24-15-16-26(36(23-24)30(38)41)28-35-34-27(44-28)21-25(39)22-33-29(40)45-31(5,6)7/h24-26,39H,8-23H2,1-7H3,(H,33,40)/t24-,25?,26-/m0/s1. The van der Waals surface area contributed by atoms with E-state index in [0.29, 0.717) is 19.4 Å². The minimum absolute atomic E-state index is 0.0263. The Morgan fingerprint density at radius 1 is 1.04 bits per heavy atom. The van der Waals surface area contributed by atoms with Crippen molar-refractivity contribution in [3.63, 3.8) is 0 Å². The van der Waals surface area contributed by atoms with Crippen LogP contribution in [0.15, 0.2) is 4.42 Å². The maximum Gasteiger partial charge on any atom is 0.437 e. The van der Waals surface area contributed by atoms with Crippen LogP contribution in [0.2, 0.25) is 0 Å². The molecule has 16 heteroatoms. The van der Waals surface area contributed by atoms with Crippen molar-refractivity contribution in [2.45, 2.75) is 161 Å². The molecule has 2 aliphatic rings. The quantitative estimate of drug-likeness (QED) is 0.153. The minimum Gasteiger partial charge on any atom is -0.444 e. The SMILES string of the molecule is CCCCN(OS(=O)(=O)ON1C(=O)N2C[C@@H]1CC[C@H]2c1nnc(CC(O)CNC(=O)OC(C)(C)C)o1)C(CCC)(CCCC)CCCC. The highest BCUT2D eigenvalue weighted by Crippen LogP contribution is 2.39. The summed E-state index contributed by atoms with van der Waals surface area (Å²) in [6, 6.07) is -1.72. The first kappa shape index (κ1) is 39.9. The number of ether oxygens (including phenoxy) is 1. The number of rotatable bonds is 21. The van der Waals surface area contributed by atoms with Gasteiger partial charge in [0, 0.05) is 25.2 Å². The van der Waals surface area contributed by atoms with E-state index in [4.69, 9.17) is 17.7 Å².